The molecule has 0 unspecified atom stereocenters. The molecule has 1 rings (SSSR count). The third-order valence-corrected chi connectivity index (χ3v) is 2.39. The largest absolute Gasteiger partial charge is 0.497 e. The molecular formula is C12H19NO. The second-order valence-corrected chi connectivity index (χ2v) is 3.53. The first-order valence-corrected chi connectivity index (χ1v) is 5.17. The molecule has 0 saturated carbocycles. The van der Waals surface area contributed by atoms with Gasteiger partial charge in [0.25, 0.3) is 0 Å². The first-order chi connectivity index (χ1) is 6.77. The monoisotopic (exact) mass is 193 g/mol. The highest BCUT2D eigenvalue weighted by Gasteiger charge is 2.05. The number of hydrogen-bond acceptors (Lipinski definition) is 2. The quantitative estimate of drug-likeness (QED) is 0.780. The Hall–Kier alpha value is -1.02. The highest BCUT2D eigenvalue weighted by atomic mass is 16.5. The highest BCUT2D eigenvalue weighted by molar-refractivity contribution is 5.30. The van der Waals surface area contributed by atoms with Crippen molar-refractivity contribution in [1.29, 1.82) is 0 Å². The van der Waals surface area contributed by atoms with Gasteiger partial charge in [-0.3, -0.25) is 0 Å². The van der Waals surface area contributed by atoms with Gasteiger partial charge in [0.2, 0.25) is 0 Å². The van der Waals surface area contributed by atoms with Gasteiger partial charge in [0.15, 0.2) is 0 Å². The number of rotatable bonds is 5. The Morgan fingerprint density at radius 1 is 1.43 bits per heavy atom. The summed E-state index contributed by atoms with van der Waals surface area (Å²) >= 11 is 0. The van der Waals surface area contributed by atoms with Crippen LogP contribution in [0.1, 0.15) is 37.8 Å². The summed E-state index contributed by atoms with van der Waals surface area (Å²) in [6.45, 7) is 2.18. The zero-order valence-corrected chi connectivity index (χ0v) is 8.99. The second-order valence-electron chi connectivity index (χ2n) is 3.53. The van der Waals surface area contributed by atoms with Crippen LogP contribution in [0.4, 0.5) is 0 Å². The van der Waals surface area contributed by atoms with Crippen molar-refractivity contribution in [2.24, 2.45) is 5.73 Å². The number of benzene rings is 1. The molecule has 0 spiro atoms. The van der Waals surface area contributed by atoms with E-state index in [1.807, 2.05) is 18.2 Å². The summed E-state index contributed by atoms with van der Waals surface area (Å²) in [5, 5.41) is 0. The molecule has 1 atom stereocenters. The average Bonchev–Trinajstić information content (AvgIpc) is 2.26. The average molecular weight is 193 g/mol. The molecule has 0 saturated heterocycles. The zero-order valence-electron chi connectivity index (χ0n) is 8.99. The van der Waals surface area contributed by atoms with Crippen LogP contribution in [0.25, 0.3) is 0 Å². The van der Waals surface area contributed by atoms with E-state index < -0.39 is 0 Å². The van der Waals surface area contributed by atoms with Crippen LogP contribution < -0.4 is 10.5 Å². The van der Waals surface area contributed by atoms with Crippen LogP contribution in [0.15, 0.2) is 24.3 Å². The van der Waals surface area contributed by atoms with E-state index >= 15 is 0 Å². The first-order valence-electron chi connectivity index (χ1n) is 5.17. The van der Waals surface area contributed by atoms with Gasteiger partial charge >= 0.3 is 0 Å². The molecule has 1 aromatic carbocycles. The highest BCUT2D eigenvalue weighted by Crippen LogP contribution is 2.20. The molecule has 78 valence electrons. The normalized spacial score (nSPS) is 12.5. The molecule has 0 amide bonds. The van der Waals surface area contributed by atoms with Crippen LogP contribution in [0.3, 0.4) is 0 Å². The number of methoxy groups -OCH3 is 1. The molecule has 0 aliphatic rings. The van der Waals surface area contributed by atoms with E-state index in [4.69, 9.17) is 10.5 Å². The van der Waals surface area contributed by atoms with E-state index in [1.165, 1.54) is 12.8 Å². The van der Waals surface area contributed by atoms with E-state index in [0.29, 0.717) is 0 Å². The Labute approximate surface area is 86.1 Å². The van der Waals surface area contributed by atoms with Gasteiger partial charge in [0.1, 0.15) is 5.75 Å². The fourth-order valence-corrected chi connectivity index (χ4v) is 1.46. The molecule has 2 N–H and O–H groups in total. The van der Waals surface area contributed by atoms with E-state index in [0.717, 1.165) is 17.7 Å². The SMILES string of the molecule is CCCC[C@H](N)c1cccc(OC)c1. The Morgan fingerprint density at radius 3 is 2.86 bits per heavy atom. The lowest BCUT2D eigenvalue weighted by Crippen LogP contribution is -2.09. The van der Waals surface area contributed by atoms with Crippen molar-refractivity contribution in [1.82, 2.24) is 0 Å². The van der Waals surface area contributed by atoms with Crippen LogP contribution in [0, 0.1) is 0 Å². The molecule has 0 aliphatic heterocycles. The standard InChI is InChI=1S/C12H19NO/c1-3-4-8-12(13)10-6-5-7-11(9-10)14-2/h5-7,9,12H,3-4,8,13H2,1-2H3/t12-/m0/s1. The number of unbranched alkanes of at least 4 members (excludes halogenated alkanes) is 1. The lowest BCUT2D eigenvalue weighted by molar-refractivity contribution is 0.413. The Morgan fingerprint density at radius 2 is 2.21 bits per heavy atom. The van der Waals surface area contributed by atoms with Crippen LogP contribution in [-0.4, -0.2) is 7.11 Å². The summed E-state index contributed by atoms with van der Waals surface area (Å²) in [5.41, 5.74) is 7.21. The molecule has 1 aromatic rings. The van der Waals surface area contributed by atoms with Gasteiger partial charge in [-0.2, -0.15) is 0 Å². The van der Waals surface area contributed by atoms with Crippen LogP contribution >= 0.6 is 0 Å². The Balaban J connectivity index is 2.64. The molecule has 0 aliphatic carbocycles. The third-order valence-electron chi connectivity index (χ3n) is 2.39. The molecule has 0 heterocycles. The Bertz CT molecular complexity index is 273. The molecule has 2 heteroatoms. The van der Waals surface area contributed by atoms with E-state index in [-0.39, 0.29) is 6.04 Å². The van der Waals surface area contributed by atoms with Crippen molar-refractivity contribution in [2.45, 2.75) is 32.2 Å². The van der Waals surface area contributed by atoms with Gasteiger partial charge < -0.3 is 10.5 Å². The van der Waals surface area contributed by atoms with Crippen LogP contribution in [0.2, 0.25) is 0 Å². The molecule has 0 fully saturated rings. The molecule has 0 radical (unpaired) electrons. The molecule has 14 heavy (non-hydrogen) atoms. The smallest absolute Gasteiger partial charge is 0.119 e. The third kappa shape index (κ3) is 3.04. The number of ether oxygens (including phenoxy) is 1. The Kier molecular flexibility index (Phi) is 4.47. The van der Waals surface area contributed by atoms with Crippen molar-refractivity contribution in [2.75, 3.05) is 7.11 Å². The predicted octanol–water partition coefficient (Wildman–Crippen LogP) is 2.89. The van der Waals surface area contributed by atoms with Gasteiger partial charge in [-0.1, -0.05) is 31.9 Å². The van der Waals surface area contributed by atoms with E-state index in [1.54, 1.807) is 7.11 Å². The van der Waals surface area contributed by atoms with Crippen LogP contribution in [0.5, 0.6) is 5.75 Å². The maximum absolute atomic E-state index is 6.05. The summed E-state index contributed by atoms with van der Waals surface area (Å²) < 4.78 is 5.15. The lowest BCUT2D eigenvalue weighted by Gasteiger charge is -2.12. The van der Waals surface area contributed by atoms with Crippen molar-refractivity contribution in [3.63, 3.8) is 0 Å². The van der Waals surface area contributed by atoms with Gasteiger partial charge in [0.05, 0.1) is 7.11 Å². The minimum absolute atomic E-state index is 0.144. The molecule has 0 bridgehead atoms. The summed E-state index contributed by atoms with van der Waals surface area (Å²) in [5.74, 6) is 0.884. The van der Waals surface area contributed by atoms with Gasteiger partial charge in [-0.05, 0) is 24.1 Å². The van der Waals surface area contributed by atoms with E-state index in [2.05, 4.69) is 13.0 Å². The van der Waals surface area contributed by atoms with E-state index in [9.17, 15) is 0 Å². The van der Waals surface area contributed by atoms with Crippen molar-refractivity contribution >= 4 is 0 Å². The van der Waals surface area contributed by atoms with Gasteiger partial charge in [0, 0.05) is 6.04 Å². The number of hydrogen-bond donors (Lipinski definition) is 1. The fourth-order valence-electron chi connectivity index (χ4n) is 1.46. The van der Waals surface area contributed by atoms with Crippen molar-refractivity contribution in [3.8, 4) is 5.75 Å². The van der Waals surface area contributed by atoms with Crippen molar-refractivity contribution < 1.29 is 4.74 Å². The molecule has 2 nitrogen and oxygen atoms in total. The minimum atomic E-state index is 0.144. The maximum atomic E-state index is 6.05. The molecular weight excluding hydrogens is 174 g/mol. The van der Waals surface area contributed by atoms with Crippen molar-refractivity contribution in [3.05, 3.63) is 29.8 Å². The second kappa shape index (κ2) is 5.66. The van der Waals surface area contributed by atoms with Gasteiger partial charge in [-0.15, -0.1) is 0 Å². The fraction of sp³-hybridized carbons (Fsp3) is 0.500. The summed E-state index contributed by atoms with van der Waals surface area (Å²) in [4.78, 5) is 0. The maximum Gasteiger partial charge on any atom is 0.119 e. The van der Waals surface area contributed by atoms with Gasteiger partial charge in [-0.25, -0.2) is 0 Å². The summed E-state index contributed by atoms with van der Waals surface area (Å²) in [7, 11) is 1.68. The number of nitrogens with two attached hydrogens (primary N) is 1. The topological polar surface area (TPSA) is 35.2 Å². The zero-order chi connectivity index (χ0) is 10.4. The summed E-state index contributed by atoms with van der Waals surface area (Å²) in [6, 6.07) is 8.14. The van der Waals surface area contributed by atoms with Crippen LogP contribution in [-0.2, 0) is 0 Å². The minimum Gasteiger partial charge on any atom is -0.497 e. The molecule has 0 aromatic heterocycles. The predicted molar refractivity (Wildman–Crippen MR) is 59.4 cm³/mol. The first kappa shape index (κ1) is 11.1. The summed E-state index contributed by atoms with van der Waals surface area (Å²) in [6.07, 6.45) is 3.42. The lowest BCUT2D eigenvalue weighted by atomic mass is 10.0.